The molecule has 0 saturated carbocycles. The average Bonchev–Trinajstić information content (AvgIpc) is 3.09. The van der Waals surface area contributed by atoms with E-state index in [1.165, 1.54) is 3.97 Å². The number of para-hydroxylation sites is 1. The normalized spacial score (nSPS) is 11.6. The second-order valence-corrected chi connectivity index (χ2v) is 8.30. The van der Waals surface area contributed by atoms with Gasteiger partial charge in [-0.2, -0.15) is 0 Å². The van der Waals surface area contributed by atoms with Gasteiger partial charge in [-0.3, -0.25) is 0 Å². The van der Waals surface area contributed by atoms with Crippen molar-refractivity contribution in [3.05, 3.63) is 108 Å². The summed E-state index contributed by atoms with van der Waals surface area (Å²) in [6, 6.07) is 25.9. The maximum Gasteiger partial charge on any atom is 0.268 e. The summed E-state index contributed by atoms with van der Waals surface area (Å²) in [6.07, 6.45) is 0. The molecule has 0 bridgehead atoms. The van der Waals surface area contributed by atoms with Crippen molar-refractivity contribution in [3.63, 3.8) is 0 Å². The fourth-order valence-electron chi connectivity index (χ4n) is 3.20. The van der Waals surface area contributed by atoms with E-state index >= 15 is 0 Å². The van der Waals surface area contributed by atoms with Crippen molar-refractivity contribution in [3.8, 4) is 0 Å². The lowest BCUT2D eigenvalue weighted by Gasteiger charge is -2.14. The maximum absolute atomic E-state index is 13.5. The Bertz CT molecular complexity index is 1230. The van der Waals surface area contributed by atoms with E-state index in [2.05, 4.69) is 6.58 Å². The van der Waals surface area contributed by atoms with Gasteiger partial charge in [-0.15, -0.1) is 0 Å². The van der Waals surface area contributed by atoms with Crippen LogP contribution in [-0.4, -0.2) is 12.4 Å². The zero-order valence-electron chi connectivity index (χ0n) is 15.0. The molecule has 1 aromatic heterocycles. The van der Waals surface area contributed by atoms with E-state index in [4.69, 9.17) is 0 Å². The van der Waals surface area contributed by atoms with Crippen LogP contribution in [-0.2, 0) is 10.0 Å². The van der Waals surface area contributed by atoms with Crippen molar-refractivity contribution < 1.29 is 8.42 Å². The molecule has 134 valence electrons. The lowest BCUT2D eigenvalue weighted by Crippen LogP contribution is -2.15. The highest BCUT2D eigenvalue weighted by Crippen LogP contribution is 2.32. The monoisotopic (exact) mass is 373 g/mol. The van der Waals surface area contributed by atoms with Crippen LogP contribution in [0.15, 0.2) is 96.4 Å². The van der Waals surface area contributed by atoms with Gasteiger partial charge < -0.3 is 0 Å². The molecule has 0 fully saturated rings. The van der Waals surface area contributed by atoms with Gasteiger partial charge in [-0.1, -0.05) is 72.8 Å². The summed E-state index contributed by atoms with van der Waals surface area (Å²) < 4.78 is 28.4. The molecule has 0 radical (unpaired) electrons. The van der Waals surface area contributed by atoms with E-state index < -0.39 is 10.0 Å². The topological polar surface area (TPSA) is 39.1 Å². The Morgan fingerprint density at radius 2 is 1.48 bits per heavy atom. The van der Waals surface area contributed by atoms with Crippen LogP contribution >= 0.6 is 0 Å². The number of fused-ring (bicyclic) bond motifs is 1. The molecule has 0 N–H and O–H groups in total. The predicted octanol–water partition coefficient (Wildman–Crippen LogP) is 5.25. The Hall–Kier alpha value is -3.11. The summed E-state index contributed by atoms with van der Waals surface area (Å²) in [5.74, 6) is 0. The Kier molecular flexibility index (Phi) is 4.21. The highest BCUT2D eigenvalue weighted by atomic mass is 32.2. The van der Waals surface area contributed by atoms with Gasteiger partial charge in [0.25, 0.3) is 10.0 Å². The predicted molar refractivity (Wildman–Crippen MR) is 110 cm³/mol. The molecule has 0 aliphatic heterocycles. The molecule has 0 unspecified atom stereocenters. The van der Waals surface area contributed by atoms with Gasteiger partial charge in [-0.25, -0.2) is 12.4 Å². The molecular weight excluding hydrogens is 354 g/mol. The van der Waals surface area contributed by atoms with Crippen molar-refractivity contribution in [1.29, 1.82) is 0 Å². The molecule has 0 aliphatic rings. The number of hydrogen-bond acceptors (Lipinski definition) is 2. The van der Waals surface area contributed by atoms with Gasteiger partial charge in [0.15, 0.2) is 0 Å². The van der Waals surface area contributed by atoms with Crippen molar-refractivity contribution in [2.45, 2.75) is 11.8 Å². The lowest BCUT2D eigenvalue weighted by atomic mass is 10.1. The molecule has 4 heteroatoms. The molecule has 0 saturated heterocycles. The zero-order valence-corrected chi connectivity index (χ0v) is 15.8. The number of hydrogen-bond donors (Lipinski definition) is 0. The number of aryl methyl sites for hydroxylation is 1. The van der Waals surface area contributed by atoms with Gasteiger partial charge in [0.1, 0.15) is 0 Å². The summed E-state index contributed by atoms with van der Waals surface area (Å²) in [6.45, 7) is 6.12. The Morgan fingerprint density at radius 3 is 2.19 bits per heavy atom. The molecule has 0 atom stereocenters. The Labute approximate surface area is 159 Å². The lowest BCUT2D eigenvalue weighted by molar-refractivity contribution is 0.588. The third-order valence-electron chi connectivity index (χ3n) is 4.66. The van der Waals surface area contributed by atoms with Crippen LogP contribution in [0.25, 0.3) is 16.5 Å². The van der Waals surface area contributed by atoms with Crippen LogP contribution in [0.4, 0.5) is 0 Å². The van der Waals surface area contributed by atoms with E-state index in [9.17, 15) is 8.42 Å². The number of rotatable bonds is 4. The molecule has 3 nitrogen and oxygen atoms in total. The zero-order chi connectivity index (χ0) is 19.0. The largest absolute Gasteiger partial charge is 0.268 e. The second kappa shape index (κ2) is 6.56. The van der Waals surface area contributed by atoms with Crippen molar-refractivity contribution >= 4 is 26.5 Å². The first-order valence-corrected chi connectivity index (χ1v) is 10.1. The first kappa shape index (κ1) is 17.3. The molecular formula is C23H19NO2S. The minimum absolute atomic E-state index is 0.261. The Morgan fingerprint density at radius 1 is 0.852 bits per heavy atom. The third-order valence-corrected chi connectivity index (χ3v) is 6.40. The van der Waals surface area contributed by atoms with Crippen LogP contribution < -0.4 is 0 Å². The first-order valence-electron chi connectivity index (χ1n) is 8.66. The van der Waals surface area contributed by atoms with Crippen LogP contribution in [0.2, 0.25) is 0 Å². The van der Waals surface area contributed by atoms with Crippen LogP contribution in [0.5, 0.6) is 0 Å². The van der Waals surface area contributed by atoms with Crippen molar-refractivity contribution in [2.24, 2.45) is 0 Å². The molecule has 0 spiro atoms. The molecule has 1 heterocycles. The number of nitrogens with zero attached hydrogens (tertiary/aromatic N) is 1. The van der Waals surface area contributed by atoms with Crippen molar-refractivity contribution in [1.82, 2.24) is 3.97 Å². The van der Waals surface area contributed by atoms with Crippen LogP contribution in [0, 0.1) is 6.92 Å². The van der Waals surface area contributed by atoms with Gasteiger partial charge >= 0.3 is 0 Å². The average molecular weight is 373 g/mol. The molecule has 27 heavy (non-hydrogen) atoms. The second-order valence-electron chi connectivity index (χ2n) is 6.52. The van der Waals surface area contributed by atoms with Gasteiger partial charge in [-0.05, 0) is 42.3 Å². The number of aromatic nitrogens is 1. The molecule has 3 aromatic carbocycles. The molecule has 0 amide bonds. The van der Waals surface area contributed by atoms with E-state index in [1.54, 1.807) is 12.1 Å². The van der Waals surface area contributed by atoms with Gasteiger partial charge in [0.05, 0.1) is 16.1 Å². The van der Waals surface area contributed by atoms with Crippen molar-refractivity contribution in [2.75, 3.05) is 0 Å². The van der Waals surface area contributed by atoms with E-state index in [1.807, 2.05) is 79.7 Å². The van der Waals surface area contributed by atoms with E-state index in [0.29, 0.717) is 16.8 Å². The standard InChI is InChI=1S/C23H19NO2S/c1-17-12-14-21(15-13-17)27(25,26)24-22-11-7-6-10-20(22)16-23(24)18(2)19-8-4-3-5-9-19/h3-16H,2H2,1H3. The first-order chi connectivity index (χ1) is 13.0. The van der Waals surface area contributed by atoms with Crippen LogP contribution in [0.3, 0.4) is 0 Å². The maximum atomic E-state index is 13.5. The summed E-state index contributed by atoms with van der Waals surface area (Å²) in [5, 5.41) is 0.861. The van der Waals surface area contributed by atoms with Crippen LogP contribution in [0.1, 0.15) is 16.8 Å². The number of benzene rings is 3. The van der Waals surface area contributed by atoms with Gasteiger partial charge in [0.2, 0.25) is 0 Å². The summed E-state index contributed by atoms with van der Waals surface area (Å²) in [5.41, 5.74) is 3.79. The van der Waals surface area contributed by atoms with Gasteiger partial charge in [0, 0.05) is 5.39 Å². The highest BCUT2D eigenvalue weighted by Gasteiger charge is 2.24. The molecule has 4 aromatic rings. The molecule has 4 rings (SSSR count). The highest BCUT2D eigenvalue weighted by molar-refractivity contribution is 7.90. The molecule has 0 aliphatic carbocycles. The summed E-state index contributed by atoms with van der Waals surface area (Å²) in [4.78, 5) is 0.261. The minimum Gasteiger partial charge on any atom is -0.233 e. The fourth-order valence-corrected chi connectivity index (χ4v) is 4.74. The third kappa shape index (κ3) is 2.98. The minimum atomic E-state index is -3.77. The summed E-state index contributed by atoms with van der Waals surface area (Å²) in [7, 11) is -3.77. The fraction of sp³-hybridized carbons (Fsp3) is 0.0435. The summed E-state index contributed by atoms with van der Waals surface area (Å²) >= 11 is 0. The smallest absolute Gasteiger partial charge is 0.233 e. The quantitative estimate of drug-likeness (QED) is 0.490. The van der Waals surface area contributed by atoms with E-state index in [0.717, 1.165) is 16.5 Å². The SMILES string of the molecule is C=C(c1ccccc1)c1cc2ccccc2n1S(=O)(=O)c1ccc(C)cc1. The Balaban J connectivity index is 1.99. The van der Waals surface area contributed by atoms with E-state index in [-0.39, 0.29) is 4.90 Å².